The molecule has 5 nitrogen and oxygen atoms in total. The summed E-state index contributed by atoms with van der Waals surface area (Å²) in [4.78, 5) is 0. The number of methoxy groups -OCH3 is 3. The van der Waals surface area contributed by atoms with Crippen LogP contribution >= 0.6 is 0 Å². The highest BCUT2D eigenvalue weighted by Crippen LogP contribution is 2.50. The first-order valence-corrected chi connectivity index (χ1v) is 5.26. The number of aliphatic hydroxyl groups excluding tert-OH is 1. The molecule has 1 aromatic rings. The van der Waals surface area contributed by atoms with Crippen molar-refractivity contribution in [2.24, 2.45) is 0 Å². The Bertz CT molecular complexity index is 438. The molecular weight excluding hydrogens is 224 g/mol. The van der Waals surface area contributed by atoms with Crippen molar-refractivity contribution >= 4 is 0 Å². The fourth-order valence-electron chi connectivity index (χ4n) is 2.20. The highest BCUT2D eigenvalue weighted by Gasteiger charge is 2.32. The van der Waals surface area contributed by atoms with Gasteiger partial charge in [0.1, 0.15) is 0 Å². The molecule has 1 atom stereocenters. The van der Waals surface area contributed by atoms with E-state index in [9.17, 15) is 5.11 Å². The average molecular weight is 240 g/mol. The van der Waals surface area contributed by atoms with E-state index in [1.165, 1.54) is 14.2 Å². The fourth-order valence-corrected chi connectivity index (χ4v) is 2.20. The smallest absolute Gasteiger partial charge is 0.204 e. The van der Waals surface area contributed by atoms with E-state index in [0.717, 1.165) is 11.1 Å². The molecule has 1 aromatic carbocycles. The minimum atomic E-state index is -0.974. The Balaban J connectivity index is 2.76. The van der Waals surface area contributed by atoms with Crippen molar-refractivity contribution < 1.29 is 24.1 Å². The largest absolute Gasteiger partial charge is 0.492 e. The lowest BCUT2D eigenvalue weighted by Gasteiger charge is -2.18. The van der Waals surface area contributed by atoms with Gasteiger partial charge in [-0.3, -0.25) is 0 Å². The van der Waals surface area contributed by atoms with Gasteiger partial charge in [-0.05, 0) is 12.5 Å². The molecule has 1 unspecified atom stereocenters. The second kappa shape index (κ2) is 4.43. The highest BCUT2D eigenvalue weighted by molar-refractivity contribution is 5.64. The van der Waals surface area contributed by atoms with Gasteiger partial charge >= 0.3 is 0 Å². The first-order chi connectivity index (χ1) is 8.15. The Hall–Kier alpha value is -1.46. The molecule has 0 fully saturated rings. The van der Waals surface area contributed by atoms with Gasteiger partial charge in [0.05, 0.1) is 33.5 Å². The zero-order valence-electron chi connectivity index (χ0n) is 10.4. The monoisotopic (exact) mass is 240 g/mol. The number of hydrogen-bond acceptors (Lipinski definition) is 5. The van der Waals surface area contributed by atoms with Crippen molar-refractivity contribution in [3.63, 3.8) is 0 Å². The lowest BCUT2D eigenvalue weighted by molar-refractivity contribution is -0.0926. The second-order valence-corrected chi connectivity index (χ2v) is 3.78. The molecule has 1 aliphatic heterocycles. The fraction of sp³-hybridized carbons (Fsp3) is 0.500. The summed E-state index contributed by atoms with van der Waals surface area (Å²) in [5.41, 5.74) is 2.42. The summed E-state index contributed by atoms with van der Waals surface area (Å²) in [7, 11) is 4.63. The molecule has 0 radical (unpaired) electrons. The van der Waals surface area contributed by atoms with Crippen LogP contribution in [0.1, 0.15) is 23.0 Å². The van der Waals surface area contributed by atoms with E-state index in [0.29, 0.717) is 29.4 Å². The van der Waals surface area contributed by atoms with Crippen LogP contribution in [-0.2, 0) is 11.3 Å². The van der Waals surface area contributed by atoms with Crippen LogP contribution in [0.2, 0.25) is 0 Å². The van der Waals surface area contributed by atoms with Crippen LogP contribution in [-0.4, -0.2) is 26.4 Å². The molecular formula is C12H16O5. The van der Waals surface area contributed by atoms with Gasteiger partial charge in [0.15, 0.2) is 17.8 Å². The molecule has 1 aliphatic rings. The van der Waals surface area contributed by atoms with Crippen molar-refractivity contribution in [2.75, 3.05) is 21.3 Å². The topological polar surface area (TPSA) is 57.2 Å². The second-order valence-electron chi connectivity index (χ2n) is 3.78. The Morgan fingerprint density at radius 3 is 2.18 bits per heavy atom. The first kappa shape index (κ1) is 12.0. The number of ether oxygens (including phenoxy) is 4. The predicted octanol–water partition coefficient (Wildman–Crippen LogP) is 1.54. The van der Waals surface area contributed by atoms with Crippen LogP contribution in [0.4, 0.5) is 0 Å². The molecule has 5 heteroatoms. The van der Waals surface area contributed by atoms with Crippen LogP contribution in [0.3, 0.4) is 0 Å². The third-order valence-corrected chi connectivity index (χ3v) is 3.02. The number of aliphatic hydroxyl groups is 1. The lowest BCUT2D eigenvalue weighted by Crippen LogP contribution is -2.04. The van der Waals surface area contributed by atoms with E-state index in [-0.39, 0.29) is 0 Å². The molecule has 1 heterocycles. The standard InChI is InChI=1S/C12H16O5/c1-6-7-5-17-12(13)8(7)10(15-3)11(16-4)9(6)14-2/h12-13H,5H2,1-4H3. The normalized spacial score (nSPS) is 17.8. The van der Waals surface area contributed by atoms with E-state index in [4.69, 9.17) is 18.9 Å². The van der Waals surface area contributed by atoms with Crippen LogP contribution in [0, 0.1) is 6.92 Å². The van der Waals surface area contributed by atoms with Gasteiger partial charge in [0.2, 0.25) is 5.75 Å². The maximum Gasteiger partial charge on any atom is 0.204 e. The van der Waals surface area contributed by atoms with Crippen molar-refractivity contribution in [2.45, 2.75) is 19.8 Å². The minimum Gasteiger partial charge on any atom is -0.492 e. The maximum absolute atomic E-state index is 9.80. The molecule has 1 N–H and O–H groups in total. The summed E-state index contributed by atoms with van der Waals surface area (Å²) >= 11 is 0. The molecule has 0 amide bonds. The van der Waals surface area contributed by atoms with Crippen molar-refractivity contribution in [3.05, 3.63) is 16.7 Å². The lowest BCUT2D eigenvalue weighted by atomic mass is 10.0. The summed E-state index contributed by atoms with van der Waals surface area (Å²) in [5.74, 6) is 1.56. The first-order valence-electron chi connectivity index (χ1n) is 5.26. The highest BCUT2D eigenvalue weighted by atomic mass is 16.6. The Morgan fingerprint density at radius 2 is 1.65 bits per heavy atom. The van der Waals surface area contributed by atoms with Crippen molar-refractivity contribution in [3.8, 4) is 17.2 Å². The van der Waals surface area contributed by atoms with Crippen LogP contribution < -0.4 is 14.2 Å². The summed E-state index contributed by atoms with van der Waals surface area (Å²) in [5, 5.41) is 9.80. The third kappa shape index (κ3) is 1.62. The van der Waals surface area contributed by atoms with Gasteiger partial charge in [-0.2, -0.15) is 0 Å². The molecule has 0 saturated carbocycles. The molecule has 17 heavy (non-hydrogen) atoms. The Labute approximate surface area is 99.9 Å². The summed E-state index contributed by atoms with van der Waals surface area (Å²) in [6, 6.07) is 0. The molecule has 0 spiro atoms. The van der Waals surface area contributed by atoms with E-state index in [2.05, 4.69) is 0 Å². The molecule has 0 aromatic heterocycles. The summed E-state index contributed by atoms with van der Waals surface area (Å²) in [6.45, 7) is 2.25. The van der Waals surface area contributed by atoms with Gasteiger partial charge in [-0.25, -0.2) is 0 Å². The number of rotatable bonds is 3. The van der Waals surface area contributed by atoms with E-state index < -0.39 is 6.29 Å². The number of hydrogen-bond donors (Lipinski definition) is 1. The molecule has 2 rings (SSSR count). The van der Waals surface area contributed by atoms with Gasteiger partial charge in [-0.15, -0.1) is 0 Å². The van der Waals surface area contributed by atoms with Crippen LogP contribution in [0.15, 0.2) is 0 Å². The maximum atomic E-state index is 9.80. The molecule has 0 aliphatic carbocycles. The Morgan fingerprint density at radius 1 is 1.06 bits per heavy atom. The average Bonchev–Trinajstić information content (AvgIpc) is 2.71. The number of benzene rings is 1. The Kier molecular flexibility index (Phi) is 3.13. The van der Waals surface area contributed by atoms with Crippen LogP contribution in [0.5, 0.6) is 17.2 Å². The summed E-state index contributed by atoms with van der Waals surface area (Å²) in [6.07, 6.45) is -0.974. The SMILES string of the molecule is COc1c(C)c2c(c(OC)c1OC)C(O)OC2. The van der Waals surface area contributed by atoms with Gasteiger partial charge in [0, 0.05) is 5.56 Å². The molecule has 94 valence electrons. The molecule has 0 saturated heterocycles. The van der Waals surface area contributed by atoms with E-state index >= 15 is 0 Å². The third-order valence-electron chi connectivity index (χ3n) is 3.02. The van der Waals surface area contributed by atoms with E-state index in [1.54, 1.807) is 7.11 Å². The van der Waals surface area contributed by atoms with Gasteiger partial charge < -0.3 is 24.1 Å². The molecule has 0 bridgehead atoms. The predicted molar refractivity (Wildman–Crippen MR) is 60.6 cm³/mol. The summed E-state index contributed by atoms with van der Waals surface area (Å²) < 4.78 is 21.1. The zero-order valence-corrected chi connectivity index (χ0v) is 10.4. The van der Waals surface area contributed by atoms with Crippen molar-refractivity contribution in [1.82, 2.24) is 0 Å². The van der Waals surface area contributed by atoms with E-state index in [1.807, 2.05) is 6.92 Å². The zero-order chi connectivity index (χ0) is 12.6. The quantitative estimate of drug-likeness (QED) is 0.868. The van der Waals surface area contributed by atoms with Crippen molar-refractivity contribution in [1.29, 1.82) is 0 Å². The minimum absolute atomic E-state index is 0.346. The van der Waals surface area contributed by atoms with Gasteiger partial charge in [-0.1, -0.05) is 0 Å². The van der Waals surface area contributed by atoms with Gasteiger partial charge in [0.25, 0.3) is 0 Å². The van der Waals surface area contributed by atoms with Crippen LogP contribution in [0.25, 0.3) is 0 Å². The number of fused-ring (bicyclic) bond motifs is 1.